The van der Waals surface area contributed by atoms with Crippen LogP contribution in [0.5, 0.6) is 0 Å². The molecule has 4 aromatic carbocycles. The van der Waals surface area contributed by atoms with Crippen molar-refractivity contribution in [2.75, 3.05) is 0 Å². The van der Waals surface area contributed by atoms with Crippen LogP contribution in [-0.4, -0.2) is 9.97 Å². The first-order chi connectivity index (χ1) is 16.3. The topological polar surface area (TPSA) is 25.8 Å². The van der Waals surface area contributed by atoms with E-state index in [4.69, 9.17) is 4.98 Å². The van der Waals surface area contributed by atoms with E-state index < -0.39 is 0 Å². The molecule has 0 saturated carbocycles. The van der Waals surface area contributed by atoms with Crippen molar-refractivity contribution in [3.8, 4) is 55.1 Å². The maximum absolute atomic E-state index is 4.70. The molecule has 0 N–H and O–H groups in total. The first-order valence-electron chi connectivity index (χ1n) is 11.0. The molecule has 3 heterocycles. The van der Waals surface area contributed by atoms with Crippen LogP contribution in [-0.2, 0) is 0 Å². The van der Waals surface area contributed by atoms with Gasteiger partial charge < -0.3 is 0 Å². The van der Waals surface area contributed by atoms with Gasteiger partial charge in [-0.15, -0.1) is 11.3 Å². The van der Waals surface area contributed by atoms with Crippen LogP contribution in [0.15, 0.2) is 109 Å². The fourth-order valence-electron chi connectivity index (χ4n) is 4.66. The fraction of sp³-hybridized carbons (Fsp3) is 0. The third-order valence-corrected chi connectivity index (χ3v) is 7.50. The third-order valence-electron chi connectivity index (χ3n) is 6.32. The van der Waals surface area contributed by atoms with Crippen LogP contribution in [0, 0.1) is 0 Å². The molecule has 3 heteroatoms. The number of fused-ring (bicyclic) bond motifs is 14. The quantitative estimate of drug-likeness (QED) is 0.238. The smallest absolute Gasteiger partial charge is 0.116 e. The van der Waals surface area contributed by atoms with E-state index in [2.05, 4.69) is 108 Å². The van der Waals surface area contributed by atoms with Crippen LogP contribution in [0.3, 0.4) is 0 Å². The van der Waals surface area contributed by atoms with Crippen LogP contribution >= 0.6 is 11.3 Å². The molecule has 0 radical (unpaired) electrons. The molecule has 1 aliphatic heterocycles. The molecule has 33 heavy (non-hydrogen) atoms. The van der Waals surface area contributed by atoms with Crippen molar-refractivity contribution in [2.24, 2.45) is 0 Å². The lowest BCUT2D eigenvalue weighted by molar-refractivity contribution is 1.23. The van der Waals surface area contributed by atoms with E-state index in [0.29, 0.717) is 0 Å². The summed E-state index contributed by atoms with van der Waals surface area (Å²) in [5.41, 5.74) is 11.5. The molecule has 0 amide bonds. The SMILES string of the molecule is c1cc2cc(c1)-c1cccc(c1)-c1cc3ncnc(c3s1)-c1cccc(c1)-c1cccc-2c1. The first kappa shape index (κ1) is 18.5. The molecule has 6 aromatic rings. The number of hydrogen-bond donors (Lipinski definition) is 0. The number of aromatic nitrogens is 2. The average molecular weight is 439 g/mol. The highest BCUT2D eigenvalue weighted by atomic mass is 32.1. The zero-order chi connectivity index (χ0) is 21.8. The second-order valence-electron chi connectivity index (χ2n) is 8.37. The summed E-state index contributed by atoms with van der Waals surface area (Å²) in [5, 5.41) is 0. The van der Waals surface area contributed by atoms with Gasteiger partial charge in [-0.1, -0.05) is 72.8 Å². The molecule has 10 bridgehead atoms. The fourth-order valence-corrected chi connectivity index (χ4v) is 5.78. The van der Waals surface area contributed by atoms with Crippen LogP contribution in [0.1, 0.15) is 0 Å². The highest BCUT2D eigenvalue weighted by Gasteiger charge is 2.14. The number of benzene rings is 4. The predicted molar refractivity (Wildman–Crippen MR) is 138 cm³/mol. The van der Waals surface area contributed by atoms with Gasteiger partial charge in [-0.25, -0.2) is 9.97 Å². The van der Waals surface area contributed by atoms with Crippen LogP contribution in [0.25, 0.3) is 65.3 Å². The minimum atomic E-state index is 0.989. The van der Waals surface area contributed by atoms with Crippen molar-refractivity contribution in [1.29, 1.82) is 0 Å². The zero-order valence-electron chi connectivity index (χ0n) is 17.7. The Morgan fingerprint density at radius 2 is 0.909 bits per heavy atom. The summed E-state index contributed by atoms with van der Waals surface area (Å²) in [4.78, 5) is 10.5. The van der Waals surface area contributed by atoms with Crippen LogP contribution < -0.4 is 0 Å². The van der Waals surface area contributed by atoms with E-state index in [-0.39, 0.29) is 0 Å². The Bertz CT molecular complexity index is 1680. The molecule has 154 valence electrons. The molecular weight excluding hydrogens is 420 g/mol. The third kappa shape index (κ3) is 3.09. The highest BCUT2D eigenvalue weighted by molar-refractivity contribution is 7.22. The van der Waals surface area contributed by atoms with Crippen molar-refractivity contribution < 1.29 is 0 Å². The molecule has 0 fully saturated rings. The van der Waals surface area contributed by atoms with Gasteiger partial charge in [0.05, 0.1) is 15.9 Å². The first-order valence-corrected chi connectivity index (χ1v) is 11.8. The second-order valence-corrected chi connectivity index (χ2v) is 9.42. The molecule has 0 saturated heterocycles. The van der Waals surface area contributed by atoms with E-state index in [0.717, 1.165) is 21.5 Å². The molecule has 7 rings (SSSR count). The van der Waals surface area contributed by atoms with Gasteiger partial charge in [0.15, 0.2) is 0 Å². The maximum Gasteiger partial charge on any atom is 0.116 e. The Balaban J connectivity index is 1.58. The van der Waals surface area contributed by atoms with Gasteiger partial charge in [0.1, 0.15) is 6.33 Å². The zero-order valence-corrected chi connectivity index (χ0v) is 18.5. The van der Waals surface area contributed by atoms with Gasteiger partial charge in [0.25, 0.3) is 0 Å². The largest absolute Gasteiger partial charge is 0.235 e. The van der Waals surface area contributed by atoms with Crippen molar-refractivity contribution in [1.82, 2.24) is 9.97 Å². The summed E-state index contributed by atoms with van der Waals surface area (Å²) < 4.78 is 1.12. The van der Waals surface area contributed by atoms with E-state index in [1.165, 1.54) is 43.8 Å². The Kier molecular flexibility index (Phi) is 4.05. The van der Waals surface area contributed by atoms with Gasteiger partial charge >= 0.3 is 0 Å². The molecule has 2 aromatic heterocycles. The van der Waals surface area contributed by atoms with E-state index >= 15 is 0 Å². The Hall–Kier alpha value is -4.08. The molecule has 0 unspecified atom stereocenters. The lowest BCUT2D eigenvalue weighted by Gasteiger charge is -2.11. The predicted octanol–water partition coefficient (Wildman–Crippen LogP) is 8.34. The van der Waals surface area contributed by atoms with Crippen molar-refractivity contribution >= 4 is 21.6 Å². The van der Waals surface area contributed by atoms with Gasteiger partial charge in [0.2, 0.25) is 0 Å². The van der Waals surface area contributed by atoms with Crippen LogP contribution in [0.4, 0.5) is 0 Å². The Labute approximate surface area is 195 Å². The number of thiophene rings is 1. The Morgan fingerprint density at radius 1 is 0.455 bits per heavy atom. The molecule has 0 atom stereocenters. The standard InChI is InChI=1S/C30H18N2S/c1-5-19-13-21(7-1)23-9-3-11-25(15-23)28-17-27-30(33-28)29(32-18-31-27)26-12-4-10-24(16-26)22-8-2-6-20(19)14-22/h1-18H. The lowest BCUT2D eigenvalue weighted by atomic mass is 9.95. The van der Waals surface area contributed by atoms with Crippen molar-refractivity contribution in [2.45, 2.75) is 0 Å². The maximum atomic E-state index is 4.70. The summed E-state index contributed by atoms with van der Waals surface area (Å²) in [7, 11) is 0. The van der Waals surface area contributed by atoms with Gasteiger partial charge in [-0.2, -0.15) is 0 Å². The number of hydrogen-bond acceptors (Lipinski definition) is 3. The number of rotatable bonds is 0. The summed E-state index contributed by atoms with van der Waals surface area (Å²) >= 11 is 1.76. The molecular formula is C30H18N2S. The molecule has 2 nitrogen and oxygen atoms in total. The normalized spacial score (nSPS) is 11.6. The molecule has 1 aliphatic rings. The van der Waals surface area contributed by atoms with Gasteiger partial charge in [-0.3, -0.25) is 0 Å². The monoisotopic (exact) mass is 438 g/mol. The summed E-state index contributed by atoms with van der Waals surface area (Å²) in [6, 6.07) is 37.2. The lowest BCUT2D eigenvalue weighted by Crippen LogP contribution is -1.87. The highest BCUT2D eigenvalue weighted by Crippen LogP contribution is 2.40. The van der Waals surface area contributed by atoms with E-state index in [1.54, 1.807) is 17.7 Å². The Morgan fingerprint density at radius 3 is 1.48 bits per heavy atom. The van der Waals surface area contributed by atoms with E-state index in [9.17, 15) is 0 Å². The summed E-state index contributed by atoms with van der Waals surface area (Å²) in [5.74, 6) is 0. The summed E-state index contributed by atoms with van der Waals surface area (Å²) in [6.45, 7) is 0. The minimum Gasteiger partial charge on any atom is -0.235 e. The molecule has 0 aliphatic carbocycles. The number of nitrogens with zero attached hydrogens (tertiary/aromatic N) is 2. The van der Waals surface area contributed by atoms with Crippen molar-refractivity contribution in [3.05, 3.63) is 109 Å². The average Bonchev–Trinajstić information content (AvgIpc) is 3.33. The minimum absolute atomic E-state index is 0.989. The molecule has 0 spiro atoms. The second kappa shape index (κ2) is 7.22. The summed E-state index contributed by atoms with van der Waals surface area (Å²) in [6.07, 6.45) is 1.68. The van der Waals surface area contributed by atoms with Gasteiger partial charge in [0, 0.05) is 10.4 Å². The van der Waals surface area contributed by atoms with E-state index in [1.807, 2.05) is 0 Å². The van der Waals surface area contributed by atoms with Crippen LogP contribution in [0.2, 0.25) is 0 Å². The van der Waals surface area contributed by atoms with Gasteiger partial charge in [-0.05, 0) is 69.3 Å². The van der Waals surface area contributed by atoms with Crippen molar-refractivity contribution in [3.63, 3.8) is 0 Å².